The Kier molecular flexibility index (Phi) is 4.04. The fourth-order valence-corrected chi connectivity index (χ4v) is 2.75. The van der Waals surface area contributed by atoms with E-state index in [0.29, 0.717) is 0 Å². The lowest BCUT2D eigenvalue weighted by molar-refractivity contribution is 0.573. The number of fused-ring (bicyclic) bond motifs is 1. The van der Waals surface area contributed by atoms with Gasteiger partial charge in [-0.2, -0.15) is 5.10 Å². The van der Waals surface area contributed by atoms with Gasteiger partial charge in [0, 0.05) is 24.2 Å². The maximum absolute atomic E-state index is 4.48. The minimum absolute atomic E-state index is 0.860. The SMILES string of the molecule is Cc1cc(C)n(CCCNc2ncnc3cccc(C)c23)n1. The third-order valence-electron chi connectivity index (χ3n) is 3.81. The summed E-state index contributed by atoms with van der Waals surface area (Å²) in [6.45, 7) is 7.98. The van der Waals surface area contributed by atoms with Crippen LogP contribution >= 0.6 is 0 Å². The molecule has 2 aromatic heterocycles. The maximum Gasteiger partial charge on any atom is 0.137 e. The Labute approximate surface area is 130 Å². The highest BCUT2D eigenvalue weighted by molar-refractivity contribution is 5.91. The van der Waals surface area contributed by atoms with Crippen LogP contribution in [0.15, 0.2) is 30.6 Å². The summed E-state index contributed by atoms with van der Waals surface area (Å²) in [7, 11) is 0. The summed E-state index contributed by atoms with van der Waals surface area (Å²) >= 11 is 0. The van der Waals surface area contributed by atoms with Gasteiger partial charge in [-0.05, 0) is 44.9 Å². The quantitative estimate of drug-likeness (QED) is 0.734. The number of hydrogen-bond acceptors (Lipinski definition) is 4. The van der Waals surface area contributed by atoms with Crippen LogP contribution < -0.4 is 5.32 Å². The van der Waals surface area contributed by atoms with Crippen LogP contribution in [0, 0.1) is 20.8 Å². The molecule has 0 atom stereocenters. The molecular weight excluding hydrogens is 274 g/mol. The molecule has 5 heteroatoms. The van der Waals surface area contributed by atoms with Gasteiger partial charge in [0.1, 0.15) is 12.1 Å². The molecule has 114 valence electrons. The first-order valence-electron chi connectivity index (χ1n) is 7.60. The molecule has 22 heavy (non-hydrogen) atoms. The molecule has 3 aromatic rings. The number of benzene rings is 1. The van der Waals surface area contributed by atoms with E-state index in [-0.39, 0.29) is 0 Å². The fraction of sp³-hybridized carbons (Fsp3) is 0.353. The van der Waals surface area contributed by atoms with Gasteiger partial charge in [-0.25, -0.2) is 9.97 Å². The monoisotopic (exact) mass is 295 g/mol. The predicted octanol–water partition coefficient (Wildman–Crippen LogP) is 3.25. The molecule has 3 rings (SSSR count). The highest BCUT2D eigenvalue weighted by Crippen LogP contribution is 2.22. The smallest absolute Gasteiger partial charge is 0.137 e. The molecule has 0 amide bonds. The van der Waals surface area contributed by atoms with Gasteiger partial charge in [-0.3, -0.25) is 4.68 Å². The van der Waals surface area contributed by atoms with Crippen LogP contribution in [0.3, 0.4) is 0 Å². The van der Waals surface area contributed by atoms with E-state index in [2.05, 4.69) is 51.0 Å². The minimum atomic E-state index is 0.860. The molecule has 5 nitrogen and oxygen atoms in total. The summed E-state index contributed by atoms with van der Waals surface area (Å²) in [6.07, 6.45) is 2.62. The van der Waals surface area contributed by atoms with E-state index in [1.165, 1.54) is 11.3 Å². The number of anilines is 1. The first-order valence-corrected chi connectivity index (χ1v) is 7.60. The number of nitrogens with zero attached hydrogens (tertiary/aromatic N) is 4. The van der Waals surface area contributed by atoms with Crippen LogP contribution in [0.4, 0.5) is 5.82 Å². The van der Waals surface area contributed by atoms with Crippen molar-refractivity contribution in [1.82, 2.24) is 19.7 Å². The summed E-state index contributed by atoms with van der Waals surface area (Å²) in [5.41, 5.74) is 4.46. The van der Waals surface area contributed by atoms with Crippen LogP contribution in [0.25, 0.3) is 10.9 Å². The third-order valence-corrected chi connectivity index (χ3v) is 3.81. The Morgan fingerprint density at radius 1 is 1.14 bits per heavy atom. The summed E-state index contributed by atoms with van der Waals surface area (Å²) in [6, 6.07) is 8.24. The second-order valence-corrected chi connectivity index (χ2v) is 5.62. The van der Waals surface area contributed by atoms with Gasteiger partial charge in [0.2, 0.25) is 0 Å². The van der Waals surface area contributed by atoms with Gasteiger partial charge in [0.25, 0.3) is 0 Å². The molecule has 0 saturated heterocycles. The lowest BCUT2D eigenvalue weighted by Gasteiger charge is -2.10. The van der Waals surface area contributed by atoms with E-state index in [1.807, 2.05) is 19.1 Å². The highest BCUT2D eigenvalue weighted by Gasteiger charge is 2.06. The summed E-state index contributed by atoms with van der Waals surface area (Å²) < 4.78 is 2.06. The number of hydrogen-bond donors (Lipinski definition) is 1. The zero-order valence-corrected chi connectivity index (χ0v) is 13.3. The topological polar surface area (TPSA) is 55.6 Å². The second-order valence-electron chi connectivity index (χ2n) is 5.62. The number of aromatic nitrogens is 4. The molecule has 0 spiro atoms. The van der Waals surface area contributed by atoms with E-state index >= 15 is 0 Å². The second kappa shape index (κ2) is 6.13. The van der Waals surface area contributed by atoms with E-state index in [9.17, 15) is 0 Å². The van der Waals surface area contributed by atoms with Crippen molar-refractivity contribution in [3.05, 3.63) is 47.5 Å². The van der Waals surface area contributed by atoms with Gasteiger partial charge in [0.15, 0.2) is 0 Å². The van der Waals surface area contributed by atoms with E-state index in [4.69, 9.17) is 0 Å². The normalized spacial score (nSPS) is 11.0. The molecular formula is C17H21N5. The summed E-state index contributed by atoms with van der Waals surface area (Å²) in [5.74, 6) is 0.913. The standard InChI is InChI=1S/C17H21N5/c1-12-6-4-7-15-16(12)17(20-11-19-15)18-8-5-9-22-14(3)10-13(2)21-22/h4,6-7,10-11H,5,8-9H2,1-3H3,(H,18,19,20). The molecule has 1 aromatic carbocycles. The van der Waals surface area contributed by atoms with Crippen molar-refractivity contribution < 1.29 is 0 Å². The zero-order valence-electron chi connectivity index (χ0n) is 13.3. The van der Waals surface area contributed by atoms with E-state index in [1.54, 1.807) is 6.33 Å². The van der Waals surface area contributed by atoms with Crippen molar-refractivity contribution in [3.8, 4) is 0 Å². The first kappa shape index (κ1) is 14.5. The van der Waals surface area contributed by atoms with Crippen LogP contribution in [0.5, 0.6) is 0 Å². The number of nitrogens with one attached hydrogen (secondary N) is 1. The van der Waals surface area contributed by atoms with Crippen molar-refractivity contribution in [3.63, 3.8) is 0 Å². The molecule has 2 heterocycles. The van der Waals surface area contributed by atoms with Gasteiger partial charge in [-0.15, -0.1) is 0 Å². The fourth-order valence-electron chi connectivity index (χ4n) is 2.75. The van der Waals surface area contributed by atoms with Gasteiger partial charge >= 0.3 is 0 Å². The predicted molar refractivity (Wildman–Crippen MR) is 89.1 cm³/mol. The zero-order chi connectivity index (χ0) is 15.5. The van der Waals surface area contributed by atoms with Gasteiger partial charge < -0.3 is 5.32 Å². The summed E-state index contributed by atoms with van der Waals surface area (Å²) in [5, 5.41) is 9.02. The van der Waals surface area contributed by atoms with E-state index in [0.717, 1.165) is 41.9 Å². The Bertz CT molecular complexity index is 786. The van der Waals surface area contributed by atoms with Crippen molar-refractivity contribution >= 4 is 16.7 Å². The highest BCUT2D eigenvalue weighted by atomic mass is 15.3. The van der Waals surface area contributed by atoms with Gasteiger partial charge in [0.05, 0.1) is 11.2 Å². The minimum Gasteiger partial charge on any atom is -0.369 e. The van der Waals surface area contributed by atoms with Gasteiger partial charge in [-0.1, -0.05) is 12.1 Å². The lowest BCUT2D eigenvalue weighted by Crippen LogP contribution is -2.10. The average molecular weight is 295 g/mol. The molecule has 0 saturated carbocycles. The van der Waals surface area contributed by atoms with Crippen molar-refractivity contribution in [2.45, 2.75) is 33.7 Å². The molecule has 0 bridgehead atoms. The van der Waals surface area contributed by atoms with Crippen LogP contribution in [-0.4, -0.2) is 26.3 Å². The third kappa shape index (κ3) is 2.93. The maximum atomic E-state index is 4.48. The number of rotatable bonds is 5. The molecule has 0 fully saturated rings. The molecule has 0 aliphatic heterocycles. The summed E-state index contributed by atoms with van der Waals surface area (Å²) in [4.78, 5) is 8.72. The Balaban J connectivity index is 1.66. The lowest BCUT2D eigenvalue weighted by atomic mass is 10.1. The molecule has 0 aliphatic carbocycles. The van der Waals surface area contributed by atoms with Crippen molar-refractivity contribution in [2.24, 2.45) is 0 Å². The Hall–Kier alpha value is -2.43. The van der Waals surface area contributed by atoms with Crippen LogP contribution in [0.2, 0.25) is 0 Å². The molecule has 0 unspecified atom stereocenters. The Morgan fingerprint density at radius 2 is 2.00 bits per heavy atom. The van der Waals surface area contributed by atoms with E-state index < -0.39 is 0 Å². The number of aryl methyl sites for hydroxylation is 4. The Morgan fingerprint density at radius 3 is 2.77 bits per heavy atom. The van der Waals surface area contributed by atoms with Crippen molar-refractivity contribution in [2.75, 3.05) is 11.9 Å². The molecule has 1 N–H and O–H groups in total. The average Bonchev–Trinajstić information content (AvgIpc) is 2.82. The molecule has 0 aliphatic rings. The van der Waals surface area contributed by atoms with Crippen molar-refractivity contribution in [1.29, 1.82) is 0 Å². The molecule has 0 radical (unpaired) electrons. The first-order chi connectivity index (χ1) is 10.6. The largest absolute Gasteiger partial charge is 0.369 e. The van der Waals surface area contributed by atoms with Crippen LogP contribution in [-0.2, 0) is 6.54 Å². The van der Waals surface area contributed by atoms with Crippen LogP contribution in [0.1, 0.15) is 23.4 Å².